The third-order valence-electron chi connectivity index (χ3n) is 5.95. The van der Waals surface area contributed by atoms with E-state index in [9.17, 15) is 0 Å². The average Bonchev–Trinajstić information content (AvgIpc) is 2.90. The molecule has 2 nitrogen and oxygen atoms in total. The van der Waals surface area contributed by atoms with Gasteiger partial charge in [-0.05, 0) is 52.4 Å². The molecule has 0 saturated heterocycles. The van der Waals surface area contributed by atoms with Crippen LogP contribution >= 0.6 is 0 Å². The zero-order valence-electron chi connectivity index (χ0n) is 19.2. The molecule has 0 atom stereocenters. The summed E-state index contributed by atoms with van der Waals surface area (Å²) in [6.45, 7) is 2.00. The summed E-state index contributed by atoms with van der Waals surface area (Å²) in [5, 5.41) is 0. The number of aliphatic imine (C=N–C) groups is 1. The highest BCUT2D eigenvalue weighted by atomic mass is 14.8. The second-order valence-corrected chi connectivity index (χ2v) is 8.29. The van der Waals surface area contributed by atoms with Crippen molar-refractivity contribution in [3.05, 3.63) is 150 Å². The van der Waals surface area contributed by atoms with Crippen LogP contribution < -0.4 is 0 Å². The minimum atomic E-state index is -0.185. The number of nitrogens with zero attached hydrogens (tertiary/aromatic N) is 2. The van der Waals surface area contributed by atoms with E-state index in [1.807, 2.05) is 31.3 Å². The van der Waals surface area contributed by atoms with Gasteiger partial charge in [-0.15, -0.1) is 0 Å². The third kappa shape index (κ3) is 4.72. The number of aromatic nitrogens is 1. The van der Waals surface area contributed by atoms with Gasteiger partial charge in [0.1, 0.15) is 6.04 Å². The van der Waals surface area contributed by atoms with Gasteiger partial charge in [0.15, 0.2) is 0 Å². The molecule has 2 heteroatoms. The normalized spacial score (nSPS) is 11.2. The van der Waals surface area contributed by atoms with Crippen LogP contribution in [0.1, 0.15) is 28.6 Å². The molecule has 1 heterocycles. The highest BCUT2D eigenvalue weighted by Gasteiger charge is 2.20. The SMILES string of the molecule is Cc1cccc(C=NC(c2ccccc2-c2ccccc2)c2ccccc2-c2ccccc2)n1. The smallest absolute Gasteiger partial charge is 0.101 e. The van der Waals surface area contributed by atoms with E-state index < -0.39 is 0 Å². The second-order valence-electron chi connectivity index (χ2n) is 8.29. The van der Waals surface area contributed by atoms with E-state index in [0.717, 1.165) is 11.4 Å². The Labute approximate surface area is 201 Å². The summed E-state index contributed by atoms with van der Waals surface area (Å²) in [5.41, 5.74) is 8.92. The fraction of sp³-hybridized carbons (Fsp3) is 0.0625. The number of rotatable bonds is 6. The first-order chi connectivity index (χ1) is 16.8. The molecule has 0 aliphatic carbocycles. The first-order valence-corrected chi connectivity index (χ1v) is 11.5. The summed E-state index contributed by atoms with van der Waals surface area (Å²) >= 11 is 0. The molecule has 0 aliphatic rings. The topological polar surface area (TPSA) is 25.2 Å². The van der Waals surface area contributed by atoms with E-state index >= 15 is 0 Å². The van der Waals surface area contributed by atoms with Crippen molar-refractivity contribution in [1.29, 1.82) is 0 Å². The van der Waals surface area contributed by atoms with Crippen LogP contribution in [0, 0.1) is 6.92 Å². The van der Waals surface area contributed by atoms with Gasteiger partial charge < -0.3 is 0 Å². The van der Waals surface area contributed by atoms with Crippen molar-refractivity contribution in [2.45, 2.75) is 13.0 Å². The zero-order chi connectivity index (χ0) is 23.2. The van der Waals surface area contributed by atoms with E-state index in [-0.39, 0.29) is 6.04 Å². The monoisotopic (exact) mass is 438 g/mol. The molecule has 0 N–H and O–H groups in total. The van der Waals surface area contributed by atoms with E-state index in [1.54, 1.807) is 0 Å². The van der Waals surface area contributed by atoms with E-state index in [1.165, 1.54) is 33.4 Å². The van der Waals surface area contributed by atoms with Crippen molar-refractivity contribution in [3.63, 3.8) is 0 Å². The zero-order valence-corrected chi connectivity index (χ0v) is 19.2. The van der Waals surface area contributed by atoms with Gasteiger partial charge in [0.2, 0.25) is 0 Å². The Morgan fingerprint density at radius 2 is 1.06 bits per heavy atom. The summed E-state index contributed by atoms with van der Waals surface area (Å²) in [6, 6.07) is 44.0. The van der Waals surface area contributed by atoms with Crippen molar-refractivity contribution in [3.8, 4) is 22.3 Å². The minimum absolute atomic E-state index is 0.185. The molecule has 34 heavy (non-hydrogen) atoms. The molecule has 0 amide bonds. The fourth-order valence-corrected chi connectivity index (χ4v) is 4.35. The molecule has 0 radical (unpaired) electrons. The van der Waals surface area contributed by atoms with E-state index in [4.69, 9.17) is 4.99 Å². The van der Waals surface area contributed by atoms with Gasteiger partial charge in [0.05, 0.1) is 5.69 Å². The van der Waals surface area contributed by atoms with E-state index in [0.29, 0.717) is 0 Å². The Balaban J connectivity index is 1.70. The van der Waals surface area contributed by atoms with Crippen LogP contribution in [0.3, 0.4) is 0 Å². The van der Waals surface area contributed by atoms with Gasteiger partial charge in [0.25, 0.3) is 0 Å². The third-order valence-corrected chi connectivity index (χ3v) is 5.95. The lowest BCUT2D eigenvalue weighted by Gasteiger charge is -2.21. The number of hydrogen-bond acceptors (Lipinski definition) is 2. The molecule has 1 aromatic heterocycles. The number of pyridine rings is 1. The molecule has 0 aliphatic heterocycles. The molecule has 5 rings (SSSR count). The van der Waals surface area contributed by atoms with Gasteiger partial charge in [-0.25, -0.2) is 0 Å². The lowest BCUT2D eigenvalue weighted by atomic mass is 9.87. The minimum Gasteiger partial charge on any atom is -0.278 e. The number of benzene rings is 4. The summed E-state index contributed by atoms with van der Waals surface area (Å²) in [7, 11) is 0. The summed E-state index contributed by atoms with van der Waals surface area (Å²) in [5.74, 6) is 0. The average molecular weight is 439 g/mol. The van der Waals surface area contributed by atoms with Crippen LogP contribution in [-0.2, 0) is 0 Å². The quantitative estimate of drug-likeness (QED) is 0.247. The molecule has 0 saturated carbocycles. The van der Waals surface area contributed by atoms with Crippen LogP contribution in [0.5, 0.6) is 0 Å². The van der Waals surface area contributed by atoms with Crippen molar-refractivity contribution >= 4 is 6.21 Å². The van der Waals surface area contributed by atoms with Crippen LogP contribution in [-0.4, -0.2) is 11.2 Å². The Morgan fingerprint density at radius 3 is 1.59 bits per heavy atom. The highest BCUT2D eigenvalue weighted by Crippen LogP contribution is 2.38. The Morgan fingerprint density at radius 1 is 0.559 bits per heavy atom. The maximum Gasteiger partial charge on any atom is 0.101 e. The first-order valence-electron chi connectivity index (χ1n) is 11.5. The Hall–Kier alpha value is -4.30. The molecular formula is C32H26N2. The van der Waals surface area contributed by atoms with Crippen LogP contribution in [0.2, 0.25) is 0 Å². The molecule has 164 valence electrons. The highest BCUT2D eigenvalue weighted by molar-refractivity contribution is 5.79. The van der Waals surface area contributed by atoms with Crippen molar-refractivity contribution < 1.29 is 0 Å². The maximum atomic E-state index is 5.16. The van der Waals surface area contributed by atoms with Crippen molar-refractivity contribution in [2.24, 2.45) is 4.99 Å². The van der Waals surface area contributed by atoms with E-state index in [2.05, 4.69) is 114 Å². The van der Waals surface area contributed by atoms with Gasteiger partial charge >= 0.3 is 0 Å². The lowest BCUT2D eigenvalue weighted by Crippen LogP contribution is -2.04. The lowest BCUT2D eigenvalue weighted by molar-refractivity contribution is 0.881. The molecule has 5 aromatic rings. The van der Waals surface area contributed by atoms with Gasteiger partial charge in [-0.1, -0.05) is 115 Å². The maximum absolute atomic E-state index is 5.16. The van der Waals surface area contributed by atoms with Crippen LogP contribution in [0.4, 0.5) is 0 Å². The molecular weight excluding hydrogens is 412 g/mol. The van der Waals surface area contributed by atoms with Gasteiger partial charge in [-0.3, -0.25) is 9.98 Å². The van der Waals surface area contributed by atoms with Crippen LogP contribution in [0.15, 0.2) is 132 Å². The van der Waals surface area contributed by atoms with Crippen molar-refractivity contribution in [2.75, 3.05) is 0 Å². The number of hydrogen-bond donors (Lipinski definition) is 0. The summed E-state index contributed by atoms with van der Waals surface area (Å²) in [6.07, 6.45) is 1.90. The van der Waals surface area contributed by atoms with Gasteiger partial charge in [-0.2, -0.15) is 0 Å². The first kappa shape index (κ1) is 21.5. The molecule has 0 spiro atoms. The number of aryl methyl sites for hydroxylation is 1. The van der Waals surface area contributed by atoms with Crippen molar-refractivity contribution in [1.82, 2.24) is 4.98 Å². The fourth-order valence-electron chi connectivity index (χ4n) is 4.35. The van der Waals surface area contributed by atoms with Crippen LogP contribution in [0.25, 0.3) is 22.3 Å². The molecule has 0 bridgehead atoms. The second kappa shape index (κ2) is 10.1. The van der Waals surface area contributed by atoms with Gasteiger partial charge in [0, 0.05) is 11.9 Å². The Bertz CT molecular complexity index is 1320. The largest absolute Gasteiger partial charge is 0.278 e. The summed E-state index contributed by atoms with van der Waals surface area (Å²) in [4.78, 5) is 9.80. The standard InChI is InChI=1S/C32H26N2/c1-24-13-12-18-27(34-24)23-33-32(30-21-10-8-19-28(30)25-14-4-2-5-15-25)31-22-11-9-20-29(31)26-16-6-3-7-17-26/h2-23,32H,1H3. The Kier molecular flexibility index (Phi) is 6.40. The predicted molar refractivity (Wildman–Crippen MR) is 142 cm³/mol. The molecule has 4 aromatic carbocycles. The molecule has 0 unspecified atom stereocenters. The molecule has 0 fully saturated rings. The predicted octanol–water partition coefficient (Wildman–Crippen LogP) is 7.93. The summed E-state index contributed by atoms with van der Waals surface area (Å²) < 4.78 is 0.